The molecule has 0 unspecified atom stereocenters. The van der Waals surface area contributed by atoms with E-state index in [9.17, 15) is 0 Å². The lowest BCUT2D eigenvalue weighted by Crippen LogP contribution is -2.24. The maximum Gasteiger partial charge on any atom is 0.0479 e. The summed E-state index contributed by atoms with van der Waals surface area (Å²) < 4.78 is 1.02. The maximum atomic E-state index is 5.83. The molecule has 1 aromatic carbocycles. The predicted octanol–water partition coefficient (Wildman–Crippen LogP) is 2.41. The van der Waals surface area contributed by atoms with Crippen molar-refractivity contribution >= 4 is 27.3 Å². The number of benzene rings is 1. The minimum Gasteiger partial charge on any atom is -0.398 e. The van der Waals surface area contributed by atoms with Crippen molar-refractivity contribution in [3.63, 3.8) is 0 Å². The lowest BCUT2D eigenvalue weighted by Gasteiger charge is -2.28. The van der Waals surface area contributed by atoms with Crippen molar-refractivity contribution in [2.24, 2.45) is 0 Å². The monoisotopic (exact) mass is 240 g/mol. The van der Waals surface area contributed by atoms with Crippen molar-refractivity contribution < 1.29 is 0 Å². The van der Waals surface area contributed by atoms with Gasteiger partial charge < -0.3 is 10.6 Å². The lowest BCUT2D eigenvalue weighted by molar-refractivity contribution is 0.744. The summed E-state index contributed by atoms with van der Waals surface area (Å²) in [5, 5.41) is 0. The van der Waals surface area contributed by atoms with Gasteiger partial charge in [-0.25, -0.2) is 0 Å². The van der Waals surface area contributed by atoms with Gasteiger partial charge in [0.25, 0.3) is 0 Å². The van der Waals surface area contributed by atoms with E-state index in [1.54, 1.807) is 0 Å². The first-order valence-corrected chi connectivity index (χ1v) is 5.27. The Bertz CT molecular complexity index is 336. The van der Waals surface area contributed by atoms with Crippen molar-refractivity contribution in [1.29, 1.82) is 0 Å². The zero-order chi connectivity index (χ0) is 9.42. The Morgan fingerprint density at radius 3 is 3.00 bits per heavy atom. The second kappa shape index (κ2) is 3.22. The number of aryl methyl sites for hydroxylation is 1. The van der Waals surface area contributed by atoms with Crippen LogP contribution in [0.1, 0.15) is 12.0 Å². The van der Waals surface area contributed by atoms with Crippen LogP contribution >= 0.6 is 15.9 Å². The van der Waals surface area contributed by atoms with E-state index < -0.39 is 0 Å². The zero-order valence-corrected chi connectivity index (χ0v) is 9.26. The van der Waals surface area contributed by atoms with Gasteiger partial charge in [0.15, 0.2) is 0 Å². The number of hydrogen-bond acceptors (Lipinski definition) is 2. The fourth-order valence-corrected chi connectivity index (χ4v) is 2.19. The summed E-state index contributed by atoms with van der Waals surface area (Å²) in [6.07, 6.45) is 2.40. The Kier molecular flexibility index (Phi) is 2.20. The molecule has 0 saturated heterocycles. The number of nitrogens with two attached hydrogens (primary N) is 1. The summed E-state index contributed by atoms with van der Waals surface area (Å²) >= 11 is 3.45. The van der Waals surface area contributed by atoms with E-state index in [1.165, 1.54) is 24.1 Å². The Morgan fingerprint density at radius 2 is 2.23 bits per heavy atom. The molecule has 2 N–H and O–H groups in total. The van der Waals surface area contributed by atoms with Gasteiger partial charge >= 0.3 is 0 Å². The van der Waals surface area contributed by atoms with Crippen molar-refractivity contribution in [3.05, 3.63) is 22.2 Å². The van der Waals surface area contributed by atoms with Gasteiger partial charge in [-0.1, -0.05) is 0 Å². The largest absolute Gasteiger partial charge is 0.398 e. The Morgan fingerprint density at radius 1 is 1.46 bits per heavy atom. The normalized spacial score (nSPS) is 15.7. The van der Waals surface area contributed by atoms with Crippen LogP contribution in [-0.4, -0.2) is 13.6 Å². The third-order valence-corrected chi connectivity index (χ3v) is 3.24. The Hall–Kier alpha value is -0.700. The van der Waals surface area contributed by atoms with E-state index in [-0.39, 0.29) is 0 Å². The average molecular weight is 241 g/mol. The fourth-order valence-electron chi connectivity index (χ4n) is 1.80. The third kappa shape index (κ3) is 1.53. The number of anilines is 2. The highest BCUT2D eigenvalue weighted by Crippen LogP contribution is 2.32. The number of rotatable bonds is 0. The van der Waals surface area contributed by atoms with Crippen LogP contribution in [0.2, 0.25) is 0 Å². The van der Waals surface area contributed by atoms with Gasteiger partial charge in [-0.05, 0) is 46.5 Å². The minimum atomic E-state index is 0.826. The number of nitrogen functional groups attached to an aromatic ring is 1. The molecular weight excluding hydrogens is 228 g/mol. The molecule has 0 spiro atoms. The van der Waals surface area contributed by atoms with E-state index in [1.807, 2.05) is 0 Å². The van der Waals surface area contributed by atoms with Gasteiger partial charge in [0.2, 0.25) is 0 Å². The van der Waals surface area contributed by atoms with Crippen LogP contribution in [0.4, 0.5) is 11.4 Å². The number of fused-ring (bicyclic) bond motifs is 1. The second-order valence-electron chi connectivity index (χ2n) is 3.53. The first kappa shape index (κ1) is 8.88. The van der Waals surface area contributed by atoms with E-state index in [4.69, 9.17) is 5.73 Å². The van der Waals surface area contributed by atoms with Crippen LogP contribution in [0.25, 0.3) is 0 Å². The van der Waals surface area contributed by atoms with Gasteiger partial charge in [-0.3, -0.25) is 0 Å². The van der Waals surface area contributed by atoms with E-state index in [0.29, 0.717) is 0 Å². The van der Waals surface area contributed by atoms with Crippen molar-refractivity contribution in [2.75, 3.05) is 24.2 Å². The molecule has 1 heterocycles. The zero-order valence-electron chi connectivity index (χ0n) is 7.68. The summed E-state index contributed by atoms with van der Waals surface area (Å²) in [6.45, 7) is 1.13. The van der Waals surface area contributed by atoms with Crippen molar-refractivity contribution in [2.45, 2.75) is 12.8 Å². The topological polar surface area (TPSA) is 29.3 Å². The Labute approximate surface area is 86.9 Å². The molecule has 3 heteroatoms. The van der Waals surface area contributed by atoms with Gasteiger partial charge in [0.05, 0.1) is 0 Å². The molecule has 0 aliphatic carbocycles. The molecule has 0 fully saturated rings. The second-order valence-corrected chi connectivity index (χ2v) is 4.38. The van der Waals surface area contributed by atoms with E-state index >= 15 is 0 Å². The molecule has 0 radical (unpaired) electrons. The number of hydrogen-bond donors (Lipinski definition) is 1. The highest BCUT2D eigenvalue weighted by atomic mass is 79.9. The summed E-state index contributed by atoms with van der Waals surface area (Å²) in [4.78, 5) is 2.27. The molecule has 0 saturated carbocycles. The summed E-state index contributed by atoms with van der Waals surface area (Å²) in [5.41, 5.74) is 9.34. The summed E-state index contributed by atoms with van der Waals surface area (Å²) in [7, 11) is 2.12. The third-order valence-electron chi connectivity index (χ3n) is 2.55. The fraction of sp³-hybridized carbons (Fsp3) is 0.400. The lowest BCUT2D eigenvalue weighted by atomic mass is 10.0. The van der Waals surface area contributed by atoms with Crippen LogP contribution in [0, 0.1) is 0 Å². The van der Waals surface area contributed by atoms with Crippen LogP contribution in [0.3, 0.4) is 0 Å². The Balaban J connectivity index is 2.52. The van der Waals surface area contributed by atoms with Crippen LogP contribution in [0.15, 0.2) is 16.6 Å². The quantitative estimate of drug-likeness (QED) is 0.707. The minimum absolute atomic E-state index is 0.826. The van der Waals surface area contributed by atoms with E-state index in [0.717, 1.165) is 16.7 Å². The smallest absolute Gasteiger partial charge is 0.0479 e. The highest BCUT2D eigenvalue weighted by molar-refractivity contribution is 9.10. The van der Waals surface area contributed by atoms with Crippen molar-refractivity contribution in [1.82, 2.24) is 0 Å². The molecule has 2 rings (SSSR count). The average Bonchev–Trinajstić information content (AvgIpc) is 2.09. The maximum absolute atomic E-state index is 5.83. The summed E-state index contributed by atoms with van der Waals surface area (Å²) in [6, 6.07) is 4.19. The van der Waals surface area contributed by atoms with E-state index in [2.05, 4.69) is 40.0 Å². The molecule has 0 bridgehead atoms. The molecule has 1 aliphatic rings. The van der Waals surface area contributed by atoms with Crippen LogP contribution in [-0.2, 0) is 6.42 Å². The van der Waals surface area contributed by atoms with Crippen molar-refractivity contribution in [3.8, 4) is 0 Å². The first-order chi connectivity index (χ1) is 6.18. The molecule has 0 atom stereocenters. The van der Waals surface area contributed by atoms with Gasteiger partial charge in [0.1, 0.15) is 0 Å². The number of nitrogens with zero attached hydrogens (tertiary/aromatic N) is 1. The highest BCUT2D eigenvalue weighted by Gasteiger charge is 2.14. The first-order valence-electron chi connectivity index (χ1n) is 4.47. The molecule has 0 aromatic heterocycles. The van der Waals surface area contributed by atoms with Gasteiger partial charge in [-0.15, -0.1) is 0 Å². The predicted molar refractivity (Wildman–Crippen MR) is 60.1 cm³/mol. The SMILES string of the molecule is CN1CCCc2cc(Br)c(N)cc21. The molecule has 0 amide bonds. The number of halogens is 1. The van der Waals surface area contributed by atoms with Gasteiger partial charge in [-0.2, -0.15) is 0 Å². The molecule has 13 heavy (non-hydrogen) atoms. The molecular formula is C10H13BrN2. The molecule has 1 aromatic rings. The molecule has 70 valence electrons. The standard InChI is InChI=1S/C10H13BrN2/c1-13-4-2-3-7-5-8(11)9(12)6-10(7)13/h5-6H,2-4,12H2,1H3. The van der Waals surface area contributed by atoms with Crippen LogP contribution in [0.5, 0.6) is 0 Å². The summed E-state index contributed by atoms with van der Waals surface area (Å²) in [5.74, 6) is 0. The van der Waals surface area contributed by atoms with Gasteiger partial charge in [0, 0.05) is 29.4 Å². The van der Waals surface area contributed by atoms with Crippen LogP contribution < -0.4 is 10.6 Å². The molecule has 1 aliphatic heterocycles. The molecule has 2 nitrogen and oxygen atoms in total.